The van der Waals surface area contributed by atoms with Crippen LogP contribution in [-0.2, 0) is 23.8 Å². The maximum absolute atomic E-state index is 15.5. The second-order valence-electron chi connectivity index (χ2n) is 11.6. The van der Waals surface area contributed by atoms with Gasteiger partial charge < -0.3 is 24.8 Å². The van der Waals surface area contributed by atoms with Crippen molar-refractivity contribution >= 4 is 11.6 Å². The van der Waals surface area contributed by atoms with Gasteiger partial charge in [-0.3, -0.25) is 14.3 Å². The highest BCUT2D eigenvalue weighted by Gasteiger charge is 2.69. The van der Waals surface area contributed by atoms with Gasteiger partial charge in [0.05, 0.1) is 19.3 Å². The molecule has 8 nitrogen and oxygen atoms in total. The molecule has 9 heteroatoms. The van der Waals surface area contributed by atoms with Crippen LogP contribution in [0.4, 0.5) is 4.39 Å². The zero-order valence-electron chi connectivity index (χ0n) is 22.2. The maximum atomic E-state index is 15.5. The molecule has 0 radical (unpaired) electrons. The fourth-order valence-corrected chi connectivity index (χ4v) is 7.66. The number of allylic oxidation sites excluding steroid dienone is 4. The third-order valence-electron chi connectivity index (χ3n) is 9.45. The van der Waals surface area contributed by atoms with Gasteiger partial charge in [0.15, 0.2) is 11.6 Å². The number of aliphatic hydroxyl groups is 3. The highest BCUT2D eigenvalue weighted by molar-refractivity contribution is 6.01. The SMILES string of the molecule is CCCOC(O)(OCCC)OCC(=O)[C@@]1(O)CC[C@H]2[C@@H]3C[C@H](F)C4=CC(=O)C=C[C@]4(C)[C@H]3C(O)C[C@@]21C. The van der Waals surface area contributed by atoms with Crippen molar-refractivity contribution in [2.75, 3.05) is 19.8 Å². The number of alkyl halides is 1. The standard InChI is InChI=1S/C28H41FO8/c1-5-11-35-28(34,36-12-6-2)37-16-23(32)27(33)10-8-19-18-14-21(29)20-13-17(30)7-9-25(20,3)24(18)22(31)15-26(19,27)4/h7,9,13,18-19,21-22,24,31,33-34H,5-6,8,10-12,14-16H2,1-4H3/t18-,19-,21-,22?,24+,25-,26-,27-/m0/s1. The molecule has 0 amide bonds. The van der Waals surface area contributed by atoms with E-state index in [1.54, 1.807) is 13.0 Å². The number of Topliss-reactive ketones (excluding diaryl/α,β-unsaturated/α-hetero) is 1. The Balaban J connectivity index is 1.56. The quantitative estimate of drug-likeness (QED) is 0.373. The highest BCUT2D eigenvalue weighted by Crippen LogP contribution is 2.67. The van der Waals surface area contributed by atoms with Gasteiger partial charge >= 0.3 is 6.16 Å². The average Bonchev–Trinajstić information content (AvgIpc) is 3.12. The molecule has 3 N–H and O–H groups in total. The lowest BCUT2D eigenvalue weighted by atomic mass is 9.46. The van der Waals surface area contributed by atoms with E-state index in [1.807, 2.05) is 20.8 Å². The summed E-state index contributed by atoms with van der Waals surface area (Å²) in [6, 6.07) is 0. The summed E-state index contributed by atoms with van der Waals surface area (Å²) >= 11 is 0. The second-order valence-corrected chi connectivity index (χ2v) is 11.6. The molecule has 0 aromatic carbocycles. The fraction of sp³-hybridized carbons (Fsp3) is 0.786. The Morgan fingerprint density at radius 2 is 1.84 bits per heavy atom. The number of carbonyl (C=O) groups excluding carboxylic acids is 2. The summed E-state index contributed by atoms with van der Waals surface area (Å²) in [4.78, 5) is 25.4. The van der Waals surface area contributed by atoms with Gasteiger partial charge in [-0.25, -0.2) is 4.39 Å². The number of ether oxygens (including phenoxy) is 3. The van der Waals surface area contributed by atoms with Crippen LogP contribution >= 0.6 is 0 Å². The largest absolute Gasteiger partial charge is 0.410 e. The maximum Gasteiger partial charge on any atom is 0.410 e. The lowest BCUT2D eigenvalue weighted by molar-refractivity contribution is -0.483. The summed E-state index contributed by atoms with van der Waals surface area (Å²) in [7, 11) is 0. The number of halogens is 1. The van der Waals surface area contributed by atoms with Crippen LogP contribution in [0.2, 0.25) is 0 Å². The smallest absolute Gasteiger partial charge is 0.393 e. The molecule has 0 bridgehead atoms. The first-order valence-electron chi connectivity index (χ1n) is 13.5. The molecule has 37 heavy (non-hydrogen) atoms. The highest BCUT2D eigenvalue weighted by atomic mass is 19.1. The Labute approximate surface area is 217 Å². The van der Waals surface area contributed by atoms with Gasteiger partial charge in [0, 0.05) is 16.7 Å². The van der Waals surface area contributed by atoms with E-state index in [1.165, 1.54) is 12.2 Å². The monoisotopic (exact) mass is 524 g/mol. The van der Waals surface area contributed by atoms with Crippen molar-refractivity contribution in [3.8, 4) is 0 Å². The van der Waals surface area contributed by atoms with E-state index < -0.39 is 47.3 Å². The van der Waals surface area contributed by atoms with E-state index in [0.29, 0.717) is 24.8 Å². The minimum atomic E-state index is -2.40. The first-order chi connectivity index (χ1) is 17.3. The molecule has 0 aromatic heterocycles. The van der Waals surface area contributed by atoms with Crippen LogP contribution in [0.25, 0.3) is 0 Å². The Hall–Kier alpha value is -1.49. The van der Waals surface area contributed by atoms with Gasteiger partial charge in [-0.05, 0) is 68.1 Å². The zero-order valence-corrected chi connectivity index (χ0v) is 22.2. The number of fused-ring (bicyclic) bond motifs is 5. The van der Waals surface area contributed by atoms with Crippen molar-refractivity contribution < 1.29 is 43.5 Å². The van der Waals surface area contributed by atoms with E-state index in [9.17, 15) is 24.9 Å². The Morgan fingerprint density at radius 1 is 1.19 bits per heavy atom. The van der Waals surface area contributed by atoms with Crippen molar-refractivity contribution in [3.05, 3.63) is 23.8 Å². The molecule has 4 aliphatic carbocycles. The van der Waals surface area contributed by atoms with Crippen LogP contribution < -0.4 is 0 Å². The molecule has 208 valence electrons. The summed E-state index contributed by atoms with van der Waals surface area (Å²) in [6.45, 7) is 7.00. The van der Waals surface area contributed by atoms with Crippen molar-refractivity contribution in [2.45, 2.75) is 90.3 Å². The van der Waals surface area contributed by atoms with Gasteiger partial charge in [0.2, 0.25) is 0 Å². The van der Waals surface area contributed by atoms with E-state index in [-0.39, 0.29) is 56.0 Å². The predicted octanol–water partition coefficient (Wildman–Crippen LogP) is 2.99. The summed E-state index contributed by atoms with van der Waals surface area (Å²) in [5.74, 6) is -1.73. The molecule has 0 aromatic rings. The molecular weight excluding hydrogens is 483 g/mol. The summed E-state index contributed by atoms with van der Waals surface area (Å²) < 4.78 is 31.4. The van der Waals surface area contributed by atoms with Crippen LogP contribution in [0, 0.1) is 28.6 Å². The van der Waals surface area contributed by atoms with Crippen LogP contribution in [0.15, 0.2) is 23.8 Å². The summed E-state index contributed by atoms with van der Waals surface area (Å²) in [5, 5.41) is 33.8. The first-order valence-corrected chi connectivity index (χ1v) is 13.5. The van der Waals surface area contributed by atoms with Crippen LogP contribution in [-0.4, -0.2) is 70.7 Å². The Morgan fingerprint density at radius 3 is 2.46 bits per heavy atom. The van der Waals surface area contributed by atoms with Crippen molar-refractivity contribution in [2.24, 2.45) is 28.6 Å². The van der Waals surface area contributed by atoms with Gasteiger partial charge in [0.1, 0.15) is 18.4 Å². The molecule has 3 fully saturated rings. The van der Waals surface area contributed by atoms with Crippen molar-refractivity contribution in [1.29, 1.82) is 0 Å². The summed E-state index contributed by atoms with van der Waals surface area (Å²) in [6.07, 6.45) is 1.93. The number of hydrogen-bond donors (Lipinski definition) is 3. The lowest BCUT2D eigenvalue weighted by Crippen LogP contribution is -2.63. The molecule has 8 atom stereocenters. The topological polar surface area (TPSA) is 123 Å². The number of ketones is 2. The third-order valence-corrected chi connectivity index (χ3v) is 9.45. The minimum Gasteiger partial charge on any atom is -0.393 e. The van der Waals surface area contributed by atoms with Crippen LogP contribution in [0.1, 0.15) is 66.2 Å². The number of aliphatic hydroxyl groups excluding tert-OH is 1. The molecular formula is C28H41FO8. The summed E-state index contributed by atoms with van der Waals surface area (Å²) in [5.41, 5.74) is -3.26. The third kappa shape index (κ3) is 4.66. The van der Waals surface area contributed by atoms with Gasteiger partial charge in [-0.1, -0.05) is 33.8 Å². The molecule has 4 rings (SSSR count). The van der Waals surface area contributed by atoms with E-state index >= 15 is 4.39 Å². The van der Waals surface area contributed by atoms with Gasteiger partial charge in [0.25, 0.3) is 0 Å². The molecule has 0 saturated heterocycles. The van der Waals surface area contributed by atoms with E-state index in [4.69, 9.17) is 14.2 Å². The molecule has 3 saturated carbocycles. The predicted molar refractivity (Wildman–Crippen MR) is 132 cm³/mol. The lowest BCUT2D eigenvalue weighted by Gasteiger charge is -2.60. The van der Waals surface area contributed by atoms with E-state index in [2.05, 4.69) is 0 Å². The molecule has 1 unspecified atom stereocenters. The van der Waals surface area contributed by atoms with E-state index in [0.717, 1.165) is 0 Å². The zero-order chi connectivity index (χ0) is 27.2. The molecule has 0 spiro atoms. The fourth-order valence-electron chi connectivity index (χ4n) is 7.66. The molecule has 0 aliphatic heterocycles. The second kappa shape index (κ2) is 10.2. The Kier molecular flexibility index (Phi) is 7.89. The average molecular weight is 525 g/mol. The Bertz CT molecular complexity index is 956. The van der Waals surface area contributed by atoms with Crippen LogP contribution in [0.3, 0.4) is 0 Å². The van der Waals surface area contributed by atoms with Crippen LogP contribution in [0.5, 0.6) is 0 Å². The number of rotatable bonds is 10. The number of carbonyl (C=O) groups is 2. The first kappa shape index (κ1) is 28.5. The molecule has 4 aliphatic rings. The van der Waals surface area contributed by atoms with Crippen molar-refractivity contribution in [1.82, 2.24) is 0 Å². The molecule has 0 heterocycles. The van der Waals surface area contributed by atoms with Gasteiger partial charge in [-0.2, -0.15) is 0 Å². The van der Waals surface area contributed by atoms with Crippen molar-refractivity contribution in [3.63, 3.8) is 0 Å². The number of hydrogen-bond acceptors (Lipinski definition) is 8. The normalized spacial score (nSPS) is 41.1. The van der Waals surface area contributed by atoms with Gasteiger partial charge in [-0.15, -0.1) is 0 Å². The minimum absolute atomic E-state index is 0.126.